The van der Waals surface area contributed by atoms with Gasteiger partial charge in [0.2, 0.25) is 15.9 Å². The van der Waals surface area contributed by atoms with Crippen LogP contribution in [0.15, 0.2) is 47.5 Å². The van der Waals surface area contributed by atoms with E-state index in [4.69, 9.17) is 23.9 Å². The number of rotatable bonds is 11. The molecule has 12 nitrogen and oxygen atoms in total. The second-order valence-corrected chi connectivity index (χ2v) is 12.0. The lowest BCUT2D eigenvalue weighted by molar-refractivity contribution is 0.0600. The average molecular weight is 608 g/mol. The summed E-state index contributed by atoms with van der Waals surface area (Å²) in [5.74, 6) is 0.174. The number of nitrogens with zero attached hydrogens (tertiary/aromatic N) is 3. The molecule has 4 aromatic rings. The molecule has 2 aromatic carbocycles. The molecular weight excluding hydrogens is 574 g/mol. The SMILES string of the molecule is COC(=O)c1cc(Nc2c(S(=O)(=O)NC3CC3)c(C)nc3cc(-c4cnc(OC)nc4OC)ccc23)cc(OC(C)C)c1. The van der Waals surface area contributed by atoms with Crippen LogP contribution in [0.2, 0.25) is 0 Å². The van der Waals surface area contributed by atoms with Crippen LogP contribution in [0, 0.1) is 6.92 Å². The largest absolute Gasteiger partial charge is 0.491 e. The topological polar surface area (TPSA) is 151 Å². The molecule has 0 unspecified atom stereocenters. The lowest BCUT2D eigenvalue weighted by atomic mass is 10.0. The van der Waals surface area contributed by atoms with Gasteiger partial charge in [-0.05, 0) is 57.4 Å². The lowest BCUT2D eigenvalue weighted by Gasteiger charge is -2.19. The van der Waals surface area contributed by atoms with Crippen molar-refractivity contribution in [1.29, 1.82) is 0 Å². The summed E-state index contributed by atoms with van der Waals surface area (Å²) < 4.78 is 51.5. The third-order valence-electron chi connectivity index (χ3n) is 6.67. The summed E-state index contributed by atoms with van der Waals surface area (Å²) in [4.78, 5) is 25.7. The first kappa shape index (κ1) is 30.0. The maximum absolute atomic E-state index is 13.7. The van der Waals surface area contributed by atoms with Crippen molar-refractivity contribution in [3.05, 3.63) is 53.9 Å². The van der Waals surface area contributed by atoms with Crippen molar-refractivity contribution in [2.75, 3.05) is 26.6 Å². The summed E-state index contributed by atoms with van der Waals surface area (Å²) in [5, 5.41) is 3.81. The van der Waals surface area contributed by atoms with E-state index in [-0.39, 0.29) is 28.6 Å². The van der Waals surface area contributed by atoms with Crippen LogP contribution >= 0.6 is 0 Å². The minimum atomic E-state index is -3.96. The summed E-state index contributed by atoms with van der Waals surface area (Å²) >= 11 is 0. The molecule has 0 aliphatic heterocycles. The molecule has 0 bridgehead atoms. The standard InChI is InChI=1S/C30H33N5O7S/c1-16(2)42-22-12-19(29(36)40-5)11-21(14-22)33-26-23-10-7-18(24-15-31-30(41-6)34-28(24)39-4)13-25(23)32-17(3)27(26)43(37,38)35-20-8-9-20/h7,10-16,20,35H,8-9H2,1-6H3,(H,32,33). The molecule has 1 fully saturated rings. The first-order valence-corrected chi connectivity index (χ1v) is 15.1. The van der Waals surface area contributed by atoms with E-state index >= 15 is 0 Å². The highest BCUT2D eigenvalue weighted by molar-refractivity contribution is 7.89. The molecule has 0 spiro atoms. The Morgan fingerprint density at radius 1 is 1.02 bits per heavy atom. The smallest absolute Gasteiger partial charge is 0.338 e. The fourth-order valence-corrected chi connectivity index (χ4v) is 6.32. The highest BCUT2D eigenvalue weighted by Crippen LogP contribution is 2.39. The molecule has 2 aromatic heterocycles. The normalized spacial score (nSPS) is 13.2. The maximum atomic E-state index is 13.7. The molecule has 226 valence electrons. The van der Waals surface area contributed by atoms with Gasteiger partial charge in [-0.3, -0.25) is 4.98 Å². The van der Waals surface area contributed by atoms with Gasteiger partial charge in [0.05, 0.1) is 55.5 Å². The van der Waals surface area contributed by atoms with E-state index < -0.39 is 16.0 Å². The summed E-state index contributed by atoms with van der Waals surface area (Å²) in [5.41, 5.74) is 3.10. The first-order valence-electron chi connectivity index (χ1n) is 13.6. The fourth-order valence-electron chi connectivity index (χ4n) is 4.66. The number of aromatic nitrogens is 3. The van der Waals surface area contributed by atoms with E-state index in [0.717, 1.165) is 12.8 Å². The third kappa shape index (κ3) is 6.47. The number of pyridine rings is 1. The molecule has 13 heteroatoms. The van der Waals surface area contributed by atoms with E-state index in [2.05, 4.69) is 20.0 Å². The van der Waals surface area contributed by atoms with Crippen LogP contribution in [0.4, 0.5) is 11.4 Å². The molecule has 5 rings (SSSR count). The number of aryl methyl sites for hydroxylation is 1. The Morgan fingerprint density at radius 3 is 2.44 bits per heavy atom. The van der Waals surface area contributed by atoms with Crippen molar-refractivity contribution in [3.8, 4) is 28.8 Å². The highest BCUT2D eigenvalue weighted by atomic mass is 32.2. The van der Waals surface area contributed by atoms with Gasteiger partial charge in [-0.25, -0.2) is 22.9 Å². The molecule has 1 aliphatic rings. The molecule has 43 heavy (non-hydrogen) atoms. The van der Waals surface area contributed by atoms with Gasteiger partial charge in [-0.2, -0.15) is 4.98 Å². The number of carbonyl (C=O) groups is 1. The molecule has 0 saturated heterocycles. The molecule has 2 N–H and O–H groups in total. The highest BCUT2D eigenvalue weighted by Gasteiger charge is 2.32. The Kier molecular flexibility index (Phi) is 8.38. The number of hydrogen-bond acceptors (Lipinski definition) is 11. The Morgan fingerprint density at radius 2 is 1.79 bits per heavy atom. The van der Waals surface area contributed by atoms with Gasteiger partial charge in [-0.15, -0.1) is 0 Å². The van der Waals surface area contributed by atoms with Gasteiger partial charge in [0.25, 0.3) is 0 Å². The second kappa shape index (κ2) is 12.0. The number of fused-ring (bicyclic) bond motifs is 1. The summed E-state index contributed by atoms with van der Waals surface area (Å²) in [6.07, 6.45) is 2.97. The number of esters is 1. The Labute approximate surface area is 249 Å². The van der Waals surface area contributed by atoms with Gasteiger partial charge < -0.3 is 24.3 Å². The number of hydrogen-bond donors (Lipinski definition) is 2. The van der Waals surface area contributed by atoms with Crippen LogP contribution in [0.1, 0.15) is 42.7 Å². The number of nitrogens with one attached hydrogen (secondary N) is 2. The molecule has 0 radical (unpaired) electrons. The number of carbonyl (C=O) groups excluding carboxylic acids is 1. The van der Waals surface area contributed by atoms with Crippen molar-refractivity contribution in [2.45, 2.75) is 50.7 Å². The zero-order chi connectivity index (χ0) is 30.9. The van der Waals surface area contributed by atoms with E-state index in [1.54, 1.807) is 43.5 Å². The zero-order valence-electron chi connectivity index (χ0n) is 24.7. The maximum Gasteiger partial charge on any atom is 0.338 e. The predicted octanol–water partition coefficient (Wildman–Crippen LogP) is 4.78. The number of sulfonamides is 1. The van der Waals surface area contributed by atoms with Crippen molar-refractivity contribution >= 4 is 38.3 Å². The molecule has 1 aliphatic carbocycles. The van der Waals surface area contributed by atoms with Gasteiger partial charge >= 0.3 is 12.0 Å². The van der Waals surface area contributed by atoms with E-state index in [1.807, 2.05) is 19.9 Å². The van der Waals surface area contributed by atoms with Gasteiger partial charge in [-0.1, -0.05) is 12.1 Å². The number of benzene rings is 2. The zero-order valence-corrected chi connectivity index (χ0v) is 25.5. The van der Waals surface area contributed by atoms with Crippen LogP contribution in [-0.4, -0.2) is 62.8 Å². The van der Waals surface area contributed by atoms with Crippen LogP contribution in [0.25, 0.3) is 22.0 Å². The number of anilines is 2. The van der Waals surface area contributed by atoms with E-state index in [0.29, 0.717) is 50.7 Å². The molecule has 0 atom stereocenters. The molecule has 0 amide bonds. The second-order valence-electron chi connectivity index (χ2n) is 10.3. The van der Waals surface area contributed by atoms with Crippen molar-refractivity contribution in [3.63, 3.8) is 0 Å². The van der Waals surface area contributed by atoms with Crippen molar-refractivity contribution < 1.29 is 32.2 Å². The van der Waals surface area contributed by atoms with Crippen molar-refractivity contribution in [1.82, 2.24) is 19.7 Å². The summed E-state index contributed by atoms with van der Waals surface area (Å²) in [7, 11) is 0.296. The number of methoxy groups -OCH3 is 3. The third-order valence-corrected chi connectivity index (χ3v) is 8.35. The Balaban J connectivity index is 1.70. The molecular formula is C30H33N5O7S. The minimum Gasteiger partial charge on any atom is -0.491 e. The lowest BCUT2D eigenvalue weighted by Crippen LogP contribution is -2.27. The Bertz CT molecular complexity index is 1810. The van der Waals surface area contributed by atoms with Crippen LogP contribution in [0.5, 0.6) is 17.6 Å². The summed E-state index contributed by atoms with van der Waals surface area (Å²) in [6.45, 7) is 5.38. The van der Waals surface area contributed by atoms with Crippen LogP contribution < -0.4 is 24.2 Å². The molecule has 1 saturated carbocycles. The van der Waals surface area contributed by atoms with E-state index in [1.165, 1.54) is 21.3 Å². The van der Waals surface area contributed by atoms with Gasteiger partial charge in [0.15, 0.2) is 0 Å². The quantitative estimate of drug-likeness (QED) is 0.227. The minimum absolute atomic E-state index is 0.0137. The summed E-state index contributed by atoms with van der Waals surface area (Å²) in [6, 6.07) is 10.3. The first-order chi connectivity index (χ1) is 20.5. The van der Waals surface area contributed by atoms with Gasteiger partial charge in [0.1, 0.15) is 10.6 Å². The Hall–Kier alpha value is -4.49. The van der Waals surface area contributed by atoms with Crippen molar-refractivity contribution in [2.24, 2.45) is 0 Å². The van der Waals surface area contributed by atoms with Crippen LogP contribution in [-0.2, 0) is 14.8 Å². The van der Waals surface area contributed by atoms with Gasteiger partial charge in [0, 0.05) is 29.4 Å². The predicted molar refractivity (Wildman–Crippen MR) is 161 cm³/mol. The van der Waals surface area contributed by atoms with E-state index in [9.17, 15) is 13.2 Å². The van der Waals surface area contributed by atoms with Crippen LogP contribution in [0.3, 0.4) is 0 Å². The monoisotopic (exact) mass is 607 g/mol. The molecule has 2 heterocycles. The average Bonchev–Trinajstić information content (AvgIpc) is 3.78. The fraction of sp³-hybridized carbons (Fsp3) is 0.333. The number of ether oxygens (including phenoxy) is 4.